The summed E-state index contributed by atoms with van der Waals surface area (Å²) < 4.78 is 7.15. The van der Waals surface area contributed by atoms with Crippen LogP contribution in [0, 0.1) is 6.92 Å². The molecule has 0 saturated carbocycles. The van der Waals surface area contributed by atoms with E-state index in [1.165, 1.54) is 15.2 Å². The van der Waals surface area contributed by atoms with Gasteiger partial charge >= 0.3 is 5.97 Å². The van der Waals surface area contributed by atoms with Gasteiger partial charge in [-0.25, -0.2) is 0 Å². The van der Waals surface area contributed by atoms with Crippen LogP contribution < -0.4 is 0 Å². The number of nitrogens with zero attached hydrogens (tertiary/aromatic N) is 1. The number of para-hydroxylation sites is 1. The molecule has 0 radical (unpaired) electrons. The highest BCUT2D eigenvalue weighted by Crippen LogP contribution is 2.38. The number of benzene rings is 2. The average molecular weight is 325 g/mol. The molecule has 0 N–H and O–H groups in total. The Labute approximate surface area is 140 Å². The monoisotopic (exact) mass is 325 g/mol. The second-order valence-corrected chi connectivity index (χ2v) is 6.32. The van der Waals surface area contributed by atoms with Crippen LogP contribution in [0.4, 0.5) is 0 Å². The number of hydrogen-bond donors (Lipinski definition) is 0. The molecule has 4 heteroatoms. The van der Waals surface area contributed by atoms with Crippen LogP contribution in [0.1, 0.15) is 12.6 Å². The summed E-state index contributed by atoms with van der Waals surface area (Å²) in [5, 5.41) is 1.17. The summed E-state index contributed by atoms with van der Waals surface area (Å²) in [6.45, 7) is 4.54. The lowest BCUT2D eigenvalue weighted by Crippen LogP contribution is -2.14. The lowest BCUT2D eigenvalue weighted by Gasteiger charge is -2.08. The topological polar surface area (TPSA) is 31.2 Å². The third kappa shape index (κ3) is 3.27. The number of rotatable bonds is 5. The van der Waals surface area contributed by atoms with Crippen LogP contribution in [-0.2, 0) is 16.1 Å². The van der Waals surface area contributed by atoms with Crippen molar-refractivity contribution < 1.29 is 9.53 Å². The van der Waals surface area contributed by atoms with Gasteiger partial charge in [-0.15, -0.1) is 0 Å². The van der Waals surface area contributed by atoms with Crippen LogP contribution in [0.2, 0.25) is 0 Å². The molecular weight excluding hydrogens is 306 g/mol. The Morgan fingerprint density at radius 1 is 1.09 bits per heavy atom. The zero-order valence-corrected chi connectivity index (χ0v) is 14.1. The van der Waals surface area contributed by atoms with Crippen LogP contribution in [0.3, 0.4) is 0 Å². The third-order valence-corrected chi connectivity index (χ3v) is 4.96. The number of ether oxygens (including phenoxy) is 1. The fraction of sp³-hybridized carbons (Fsp3) is 0.211. The van der Waals surface area contributed by atoms with E-state index in [0.717, 1.165) is 11.2 Å². The van der Waals surface area contributed by atoms with Gasteiger partial charge in [0.05, 0.1) is 6.61 Å². The Morgan fingerprint density at radius 3 is 2.52 bits per heavy atom. The molecule has 0 aliphatic carbocycles. The average Bonchev–Trinajstić information content (AvgIpc) is 2.82. The summed E-state index contributed by atoms with van der Waals surface area (Å²) >= 11 is 1.73. The second kappa shape index (κ2) is 6.92. The molecule has 23 heavy (non-hydrogen) atoms. The summed E-state index contributed by atoms with van der Waals surface area (Å²) in [5.41, 5.74) is 2.16. The molecule has 3 aromatic rings. The first-order valence-electron chi connectivity index (χ1n) is 7.67. The fourth-order valence-electron chi connectivity index (χ4n) is 2.67. The predicted molar refractivity (Wildman–Crippen MR) is 93.9 cm³/mol. The first kappa shape index (κ1) is 15.7. The molecule has 1 aromatic heterocycles. The quantitative estimate of drug-likeness (QED) is 0.639. The third-order valence-electron chi connectivity index (χ3n) is 3.73. The zero-order chi connectivity index (χ0) is 16.2. The maximum Gasteiger partial charge on any atom is 0.325 e. The lowest BCUT2D eigenvalue weighted by atomic mass is 10.2. The Kier molecular flexibility index (Phi) is 4.72. The van der Waals surface area contributed by atoms with Crippen molar-refractivity contribution in [1.82, 2.24) is 4.57 Å². The van der Waals surface area contributed by atoms with Crippen molar-refractivity contribution in [3.63, 3.8) is 0 Å². The van der Waals surface area contributed by atoms with E-state index in [4.69, 9.17) is 4.74 Å². The summed E-state index contributed by atoms with van der Waals surface area (Å²) in [4.78, 5) is 14.3. The van der Waals surface area contributed by atoms with Crippen molar-refractivity contribution in [2.24, 2.45) is 0 Å². The standard InChI is InChI=1S/C19H19NO2S/c1-3-22-18(21)13-20-14(2)19(16-11-7-8-12-17(16)20)23-15-9-5-4-6-10-15/h4-12H,3,13H2,1-2H3. The highest BCUT2D eigenvalue weighted by Gasteiger charge is 2.17. The van der Waals surface area contributed by atoms with Gasteiger partial charge in [0.1, 0.15) is 6.54 Å². The van der Waals surface area contributed by atoms with E-state index in [1.54, 1.807) is 11.8 Å². The SMILES string of the molecule is CCOC(=O)Cn1c(C)c(Sc2ccccc2)c2ccccc21. The number of esters is 1. The molecule has 3 rings (SSSR count). The van der Waals surface area contributed by atoms with Gasteiger partial charge in [-0.2, -0.15) is 0 Å². The van der Waals surface area contributed by atoms with E-state index < -0.39 is 0 Å². The van der Waals surface area contributed by atoms with Gasteiger partial charge in [0.25, 0.3) is 0 Å². The molecule has 0 saturated heterocycles. The van der Waals surface area contributed by atoms with E-state index in [0.29, 0.717) is 6.61 Å². The largest absolute Gasteiger partial charge is 0.465 e. The zero-order valence-electron chi connectivity index (χ0n) is 13.3. The fourth-order valence-corrected chi connectivity index (χ4v) is 3.74. The van der Waals surface area contributed by atoms with Gasteiger partial charge in [0, 0.05) is 26.4 Å². The van der Waals surface area contributed by atoms with Crippen molar-refractivity contribution >= 4 is 28.6 Å². The van der Waals surface area contributed by atoms with Crippen molar-refractivity contribution in [2.75, 3.05) is 6.61 Å². The minimum Gasteiger partial charge on any atom is -0.465 e. The molecule has 0 spiro atoms. The molecule has 118 valence electrons. The van der Waals surface area contributed by atoms with Crippen LogP contribution >= 0.6 is 11.8 Å². The Morgan fingerprint density at radius 2 is 1.78 bits per heavy atom. The van der Waals surface area contributed by atoms with E-state index in [2.05, 4.69) is 31.2 Å². The molecule has 2 aromatic carbocycles. The molecule has 0 aliphatic rings. The van der Waals surface area contributed by atoms with Gasteiger partial charge in [0.15, 0.2) is 0 Å². The Hall–Kier alpha value is -2.20. The number of carbonyl (C=O) groups excluding carboxylic acids is 1. The minimum absolute atomic E-state index is 0.201. The number of carbonyl (C=O) groups is 1. The number of aromatic nitrogens is 1. The molecule has 0 amide bonds. The normalized spacial score (nSPS) is 10.9. The van der Waals surface area contributed by atoms with Gasteiger partial charge in [-0.1, -0.05) is 48.2 Å². The Bertz CT molecular complexity index is 824. The van der Waals surface area contributed by atoms with E-state index in [9.17, 15) is 4.79 Å². The van der Waals surface area contributed by atoms with Gasteiger partial charge in [0.2, 0.25) is 0 Å². The maximum absolute atomic E-state index is 11.9. The van der Waals surface area contributed by atoms with Crippen molar-refractivity contribution in [3.05, 3.63) is 60.3 Å². The molecule has 0 atom stereocenters. The lowest BCUT2D eigenvalue weighted by molar-refractivity contribution is -0.143. The highest BCUT2D eigenvalue weighted by atomic mass is 32.2. The number of fused-ring (bicyclic) bond motifs is 1. The van der Waals surface area contributed by atoms with E-state index in [-0.39, 0.29) is 12.5 Å². The van der Waals surface area contributed by atoms with Gasteiger partial charge in [-0.05, 0) is 32.0 Å². The second-order valence-electron chi connectivity index (χ2n) is 5.24. The molecule has 1 heterocycles. The predicted octanol–water partition coefficient (Wildman–Crippen LogP) is 4.66. The van der Waals surface area contributed by atoms with E-state index >= 15 is 0 Å². The molecular formula is C19H19NO2S. The molecule has 0 aliphatic heterocycles. The van der Waals surface area contributed by atoms with Crippen molar-refractivity contribution in [3.8, 4) is 0 Å². The molecule has 0 fully saturated rings. The summed E-state index contributed by atoms with van der Waals surface area (Å²) in [6.07, 6.45) is 0. The smallest absolute Gasteiger partial charge is 0.325 e. The van der Waals surface area contributed by atoms with Crippen molar-refractivity contribution in [2.45, 2.75) is 30.2 Å². The first-order chi connectivity index (χ1) is 11.2. The maximum atomic E-state index is 11.9. The molecule has 0 bridgehead atoms. The summed E-state index contributed by atoms with van der Waals surface area (Å²) in [5.74, 6) is -0.201. The highest BCUT2D eigenvalue weighted by molar-refractivity contribution is 7.99. The summed E-state index contributed by atoms with van der Waals surface area (Å²) in [6, 6.07) is 18.5. The first-order valence-corrected chi connectivity index (χ1v) is 8.48. The minimum atomic E-state index is -0.201. The van der Waals surface area contributed by atoms with Crippen LogP contribution in [0.5, 0.6) is 0 Å². The van der Waals surface area contributed by atoms with Crippen molar-refractivity contribution in [1.29, 1.82) is 0 Å². The van der Waals surface area contributed by atoms with Crippen LogP contribution in [-0.4, -0.2) is 17.1 Å². The van der Waals surface area contributed by atoms with Crippen LogP contribution in [0.25, 0.3) is 10.9 Å². The molecule has 3 nitrogen and oxygen atoms in total. The summed E-state index contributed by atoms with van der Waals surface area (Å²) in [7, 11) is 0. The number of hydrogen-bond acceptors (Lipinski definition) is 3. The Balaban J connectivity index is 2.04. The van der Waals surface area contributed by atoms with Crippen LogP contribution in [0.15, 0.2) is 64.4 Å². The van der Waals surface area contributed by atoms with Gasteiger partial charge in [-0.3, -0.25) is 4.79 Å². The molecule has 0 unspecified atom stereocenters. The van der Waals surface area contributed by atoms with E-state index in [1.807, 2.05) is 41.8 Å². The van der Waals surface area contributed by atoms with Gasteiger partial charge < -0.3 is 9.30 Å².